The highest BCUT2D eigenvalue weighted by Gasteiger charge is 2.40. The van der Waals surface area contributed by atoms with Crippen molar-refractivity contribution < 1.29 is 4.74 Å². The van der Waals surface area contributed by atoms with Crippen molar-refractivity contribution in [3.8, 4) is 0 Å². The van der Waals surface area contributed by atoms with Crippen LogP contribution >= 0.6 is 11.6 Å². The minimum absolute atomic E-state index is 0.374. The van der Waals surface area contributed by atoms with Crippen LogP contribution in [0.5, 0.6) is 0 Å². The van der Waals surface area contributed by atoms with E-state index in [-0.39, 0.29) is 0 Å². The minimum Gasteiger partial charge on any atom is -0.378 e. The van der Waals surface area contributed by atoms with Crippen molar-refractivity contribution in [2.75, 3.05) is 5.32 Å². The second-order valence-electron chi connectivity index (χ2n) is 4.22. The molecule has 1 N–H and O–H groups in total. The van der Waals surface area contributed by atoms with Crippen LogP contribution in [0.25, 0.3) is 0 Å². The summed E-state index contributed by atoms with van der Waals surface area (Å²) in [6.45, 7) is 0. The monoisotopic (exact) mass is 224 g/mol. The van der Waals surface area contributed by atoms with Crippen molar-refractivity contribution in [3.05, 3.63) is 23.5 Å². The Morgan fingerprint density at radius 1 is 1.47 bits per heavy atom. The van der Waals surface area contributed by atoms with Gasteiger partial charge >= 0.3 is 0 Å². The van der Waals surface area contributed by atoms with Gasteiger partial charge in [0.05, 0.1) is 29.0 Å². The molecule has 2 fully saturated rings. The van der Waals surface area contributed by atoms with Gasteiger partial charge in [-0.15, -0.1) is 0 Å². The second-order valence-corrected chi connectivity index (χ2v) is 4.62. The summed E-state index contributed by atoms with van der Waals surface area (Å²) < 4.78 is 5.78. The molecular formula is C11H13ClN2O. The number of hydrogen-bond donors (Lipinski definition) is 1. The molecule has 3 heterocycles. The topological polar surface area (TPSA) is 34.2 Å². The van der Waals surface area contributed by atoms with Crippen LogP contribution in [0.3, 0.4) is 0 Å². The number of ether oxygens (including phenoxy) is 1. The highest BCUT2D eigenvalue weighted by molar-refractivity contribution is 6.33. The van der Waals surface area contributed by atoms with Gasteiger partial charge in [-0.05, 0) is 25.3 Å². The van der Waals surface area contributed by atoms with Crippen molar-refractivity contribution in [1.82, 2.24) is 4.98 Å². The molecule has 2 saturated heterocycles. The maximum atomic E-state index is 6.04. The third-order valence-electron chi connectivity index (χ3n) is 3.22. The first-order chi connectivity index (χ1) is 7.33. The molecular weight excluding hydrogens is 212 g/mol. The van der Waals surface area contributed by atoms with Gasteiger partial charge in [0.2, 0.25) is 0 Å². The molecule has 3 unspecified atom stereocenters. The van der Waals surface area contributed by atoms with Gasteiger partial charge in [0.1, 0.15) is 0 Å². The molecule has 80 valence electrons. The zero-order valence-corrected chi connectivity index (χ0v) is 9.07. The molecule has 1 aromatic rings. The molecule has 4 heteroatoms. The summed E-state index contributed by atoms with van der Waals surface area (Å²) in [4.78, 5) is 3.96. The molecule has 2 bridgehead atoms. The molecule has 0 amide bonds. The molecule has 2 aliphatic heterocycles. The number of pyridine rings is 1. The highest BCUT2D eigenvalue weighted by Crippen LogP contribution is 2.36. The molecule has 0 radical (unpaired) electrons. The van der Waals surface area contributed by atoms with Gasteiger partial charge in [-0.2, -0.15) is 0 Å². The lowest BCUT2D eigenvalue weighted by atomic mass is 9.95. The molecule has 0 aromatic carbocycles. The van der Waals surface area contributed by atoms with E-state index in [0.717, 1.165) is 12.1 Å². The Hall–Kier alpha value is -0.800. The first-order valence-electron chi connectivity index (χ1n) is 5.34. The summed E-state index contributed by atoms with van der Waals surface area (Å²) in [7, 11) is 0. The molecule has 2 aliphatic rings. The van der Waals surface area contributed by atoms with Crippen molar-refractivity contribution in [3.63, 3.8) is 0 Å². The van der Waals surface area contributed by atoms with Gasteiger partial charge < -0.3 is 10.1 Å². The lowest BCUT2D eigenvalue weighted by molar-refractivity contribution is 0.102. The quantitative estimate of drug-likeness (QED) is 0.838. The first-order valence-corrected chi connectivity index (χ1v) is 5.72. The van der Waals surface area contributed by atoms with Gasteiger partial charge in [0.15, 0.2) is 0 Å². The van der Waals surface area contributed by atoms with Gasteiger partial charge in [-0.25, -0.2) is 0 Å². The van der Waals surface area contributed by atoms with E-state index in [2.05, 4.69) is 10.3 Å². The Balaban J connectivity index is 1.73. The van der Waals surface area contributed by atoms with E-state index in [1.807, 2.05) is 6.07 Å². The van der Waals surface area contributed by atoms with Crippen molar-refractivity contribution >= 4 is 17.3 Å². The molecule has 0 aliphatic carbocycles. The Labute approximate surface area is 93.8 Å². The van der Waals surface area contributed by atoms with Crippen molar-refractivity contribution in [2.24, 2.45) is 0 Å². The summed E-state index contributed by atoms with van der Waals surface area (Å²) in [6.07, 6.45) is 7.74. The number of rotatable bonds is 2. The Morgan fingerprint density at radius 2 is 2.40 bits per heavy atom. The van der Waals surface area contributed by atoms with Crippen LogP contribution in [0.15, 0.2) is 18.5 Å². The number of hydrogen-bond acceptors (Lipinski definition) is 3. The molecule has 0 spiro atoms. The van der Waals surface area contributed by atoms with E-state index >= 15 is 0 Å². The van der Waals surface area contributed by atoms with Gasteiger partial charge in [-0.3, -0.25) is 4.98 Å². The fourth-order valence-electron chi connectivity index (χ4n) is 2.48. The Kier molecular flexibility index (Phi) is 2.29. The van der Waals surface area contributed by atoms with E-state index in [4.69, 9.17) is 16.3 Å². The first kappa shape index (κ1) is 9.43. The summed E-state index contributed by atoms with van der Waals surface area (Å²) in [6, 6.07) is 2.33. The number of aromatic nitrogens is 1. The fraction of sp³-hybridized carbons (Fsp3) is 0.545. The van der Waals surface area contributed by atoms with Gasteiger partial charge in [-0.1, -0.05) is 11.6 Å². The van der Waals surface area contributed by atoms with Crippen molar-refractivity contribution in [2.45, 2.75) is 37.5 Å². The highest BCUT2D eigenvalue weighted by atomic mass is 35.5. The number of nitrogens with zero attached hydrogens (tertiary/aromatic N) is 1. The zero-order chi connectivity index (χ0) is 10.3. The van der Waals surface area contributed by atoms with Crippen LogP contribution in [-0.2, 0) is 4.74 Å². The minimum atomic E-state index is 0.374. The maximum Gasteiger partial charge on any atom is 0.0820 e. The van der Waals surface area contributed by atoms with Gasteiger partial charge in [0.25, 0.3) is 0 Å². The molecule has 3 atom stereocenters. The lowest BCUT2D eigenvalue weighted by Crippen LogP contribution is -2.30. The van der Waals surface area contributed by atoms with E-state index in [9.17, 15) is 0 Å². The lowest BCUT2D eigenvalue weighted by Gasteiger charge is -2.21. The fourth-order valence-corrected chi connectivity index (χ4v) is 2.66. The van der Waals surface area contributed by atoms with Crippen LogP contribution < -0.4 is 5.32 Å². The molecule has 3 nitrogen and oxygen atoms in total. The summed E-state index contributed by atoms with van der Waals surface area (Å²) in [5, 5.41) is 4.12. The Morgan fingerprint density at radius 3 is 3.07 bits per heavy atom. The third-order valence-corrected chi connectivity index (χ3v) is 3.52. The van der Waals surface area contributed by atoms with Gasteiger partial charge in [0, 0.05) is 12.4 Å². The van der Waals surface area contributed by atoms with E-state index in [1.165, 1.54) is 12.8 Å². The number of anilines is 1. The summed E-state index contributed by atoms with van der Waals surface area (Å²) in [5.74, 6) is 0. The molecule has 15 heavy (non-hydrogen) atoms. The average Bonchev–Trinajstić information content (AvgIpc) is 2.83. The van der Waals surface area contributed by atoms with Crippen LogP contribution in [0, 0.1) is 0 Å². The van der Waals surface area contributed by atoms with E-state index in [1.54, 1.807) is 12.4 Å². The Bertz CT molecular complexity index is 371. The molecule has 0 saturated carbocycles. The SMILES string of the molecule is Clc1cnccc1NC1CC2CCC1O2. The predicted octanol–water partition coefficient (Wildman–Crippen LogP) is 2.47. The molecule has 1 aromatic heterocycles. The van der Waals surface area contributed by atoms with E-state index < -0.39 is 0 Å². The van der Waals surface area contributed by atoms with Crippen LogP contribution in [0.4, 0.5) is 5.69 Å². The zero-order valence-electron chi connectivity index (χ0n) is 8.32. The largest absolute Gasteiger partial charge is 0.378 e. The summed E-state index contributed by atoms with van der Waals surface area (Å²) in [5.41, 5.74) is 0.966. The van der Waals surface area contributed by atoms with Crippen LogP contribution in [0.1, 0.15) is 19.3 Å². The van der Waals surface area contributed by atoms with Crippen LogP contribution in [0.2, 0.25) is 5.02 Å². The normalized spacial score (nSPS) is 33.3. The predicted molar refractivity (Wildman–Crippen MR) is 59.2 cm³/mol. The smallest absolute Gasteiger partial charge is 0.0820 e. The third kappa shape index (κ3) is 1.70. The number of fused-ring (bicyclic) bond motifs is 2. The average molecular weight is 225 g/mol. The van der Waals surface area contributed by atoms with E-state index in [0.29, 0.717) is 23.3 Å². The van der Waals surface area contributed by atoms with Crippen LogP contribution in [-0.4, -0.2) is 23.2 Å². The molecule has 3 rings (SSSR count). The standard InChI is InChI=1S/C11H13ClN2O/c12-8-6-13-4-3-9(8)14-10-5-7-1-2-11(10)15-7/h3-4,6-7,10-11H,1-2,5H2,(H,13,14). The maximum absolute atomic E-state index is 6.04. The number of nitrogens with one attached hydrogen (secondary N) is 1. The second kappa shape index (κ2) is 3.65. The summed E-state index contributed by atoms with van der Waals surface area (Å²) >= 11 is 6.04. The number of halogens is 1. The van der Waals surface area contributed by atoms with Crippen molar-refractivity contribution in [1.29, 1.82) is 0 Å².